The molecule has 1 N–H and O–H groups in total. The number of nitrogens with zero attached hydrogens (tertiary/aromatic N) is 2. The Bertz CT molecular complexity index is 876. The molecule has 2 aromatic carbocycles. The predicted molar refractivity (Wildman–Crippen MR) is 88.4 cm³/mol. The van der Waals surface area contributed by atoms with Crippen LogP contribution in [0.15, 0.2) is 53.4 Å². The van der Waals surface area contributed by atoms with Gasteiger partial charge in [-0.3, -0.25) is 14.9 Å². The molecule has 0 heterocycles. The van der Waals surface area contributed by atoms with Gasteiger partial charge in [0.2, 0.25) is 10.0 Å². The Kier molecular flexibility index (Phi) is 4.96. The van der Waals surface area contributed by atoms with Crippen LogP contribution in [-0.2, 0) is 10.0 Å². The Morgan fingerprint density at radius 2 is 1.75 bits per heavy atom. The number of non-ortho nitro benzene ring substituents is 1. The molecule has 0 bridgehead atoms. The fourth-order valence-corrected chi connectivity index (χ4v) is 2.79. The van der Waals surface area contributed by atoms with Crippen molar-refractivity contribution in [2.45, 2.75) is 4.90 Å². The third kappa shape index (κ3) is 3.76. The maximum absolute atomic E-state index is 12.1. The Hall–Kier alpha value is -2.78. The average Bonchev–Trinajstić information content (AvgIpc) is 2.55. The summed E-state index contributed by atoms with van der Waals surface area (Å²) < 4.78 is 25.0. The first-order chi connectivity index (χ1) is 11.2. The van der Waals surface area contributed by atoms with Crippen LogP contribution in [0.5, 0.6) is 0 Å². The lowest BCUT2D eigenvalue weighted by Gasteiger charge is -2.11. The number of nitro benzene ring substituents is 1. The zero-order valence-corrected chi connectivity index (χ0v) is 13.8. The number of hydrogen-bond acceptors (Lipinski definition) is 5. The second-order valence-electron chi connectivity index (χ2n) is 5.07. The Morgan fingerprint density at radius 3 is 2.29 bits per heavy atom. The smallest absolute Gasteiger partial charge is 0.271 e. The van der Waals surface area contributed by atoms with Gasteiger partial charge in [0, 0.05) is 37.5 Å². The minimum Gasteiger partial charge on any atom is -0.322 e. The molecule has 0 aliphatic carbocycles. The molecule has 0 saturated heterocycles. The summed E-state index contributed by atoms with van der Waals surface area (Å²) in [6.45, 7) is 0. The normalized spacial score (nSPS) is 11.3. The van der Waals surface area contributed by atoms with E-state index in [1.54, 1.807) is 0 Å². The van der Waals surface area contributed by atoms with Crippen LogP contribution in [0.25, 0.3) is 0 Å². The van der Waals surface area contributed by atoms with Crippen molar-refractivity contribution in [1.82, 2.24) is 4.31 Å². The van der Waals surface area contributed by atoms with Crippen LogP contribution in [0, 0.1) is 10.1 Å². The summed E-state index contributed by atoms with van der Waals surface area (Å²) in [5.41, 5.74) is 0.374. The number of nitro groups is 1. The lowest BCUT2D eigenvalue weighted by molar-refractivity contribution is -0.384. The van der Waals surface area contributed by atoms with E-state index in [0.717, 1.165) is 4.31 Å². The number of carbonyl (C=O) groups is 1. The number of nitrogens with one attached hydrogen (secondary N) is 1. The third-order valence-electron chi connectivity index (χ3n) is 3.21. The van der Waals surface area contributed by atoms with Gasteiger partial charge in [-0.2, -0.15) is 0 Å². The molecule has 0 unspecified atom stereocenters. The van der Waals surface area contributed by atoms with Crippen LogP contribution < -0.4 is 5.32 Å². The van der Waals surface area contributed by atoms with Crippen LogP contribution in [0.1, 0.15) is 10.4 Å². The lowest BCUT2D eigenvalue weighted by Crippen LogP contribution is -2.22. The van der Waals surface area contributed by atoms with Crippen molar-refractivity contribution in [3.8, 4) is 0 Å². The van der Waals surface area contributed by atoms with E-state index in [1.807, 2.05) is 0 Å². The van der Waals surface area contributed by atoms with E-state index < -0.39 is 20.9 Å². The molecule has 126 valence electrons. The standard InChI is InChI=1S/C15H15N3O5S/c1-17(2)24(22,23)14-8-6-11(7-9-14)15(19)16-12-4-3-5-13(10-12)18(20)21/h3-10H,1-2H3,(H,16,19). The van der Waals surface area contributed by atoms with Crippen LogP contribution in [0.3, 0.4) is 0 Å². The molecule has 0 aliphatic rings. The van der Waals surface area contributed by atoms with Crippen molar-refractivity contribution in [2.75, 3.05) is 19.4 Å². The number of anilines is 1. The Morgan fingerprint density at radius 1 is 1.12 bits per heavy atom. The fraction of sp³-hybridized carbons (Fsp3) is 0.133. The zero-order chi connectivity index (χ0) is 17.9. The first-order valence-corrected chi connectivity index (χ1v) is 8.24. The van der Waals surface area contributed by atoms with E-state index in [-0.39, 0.29) is 21.8 Å². The van der Waals surface area contributed by atoms with Crippen LogP contribution in [0.4, 0.5) is 11.4 Å². The van der Waals surface area contributed by atoms with E-state index in [4.69, 9.17) is 0 Å². The molecule has 1 amide bonds. The van der Waals surface area contributed by atoms with Gasteiger partial charge in [-0.15, -0.1) is 0 Å². The van der Waals surface area contributed by atoms with Crippen molar-refractivity contribution in [2.24, 2.45) is 0 Å². The summed E-state index contributed by atoms with van der Waals surface area (Å²) in [5.74, 6) is -0.496. The second-order valence-corrected chi connectivity index (χ2v) is 7.23. The number of rotatable bonds is 5. The largest absolute Gasteiger partial charge is 0.322 e. The number of hydrogen-bond donors (Lipinski definition) is 1. The third-order valence-corrected chi connectivity index (χ3v) is 5.04. The molecule has 2 rings (SSSR count). The molecule has 0 aromatic heterocycles. The molecule has 0 aliphatic heterocycles. The molecule has 0 fully saturated rings. The van der Waals surface area contributed by atoms with E-state index in [9.17, 15) is 23.3 Å². The molecule has 9 heteroatoms. The zero-order valence-electron chi connectivity index (χ0n) is 13.0. The van der Waals surface area contributed by atoms with E-state index in [2.05, 4.69) is 5.32 Å². The molecule has 0 saturated carbocycles. The summed E-state index contributed by atoms with van der Waals surface area (Å²) in [7, 11) is -0.737. The van der Waals surface area contributed by atoms with Crippen molar-refractivity contribution < 1.29 is 18.1 Å². The van der Waals surface area contributed by atoms with Gasteiger partial charge in [0.15, 0.2) is 0 Å². The molecule has 24 heavy (non-hydrogen) atoms. The van der Waals surface area contributed by atoms with Crippen molar-refractivity contribution >= 4 is 27.3 Å². The van der Waals surface area contributed by atoms with E-state index in [0.29, 0.717) is 0 Å². The van der Waals surface area contributed by atoms with Gasteiger partial charge in [0.1, 0.15) is 0 Å². The van der Waals surface area contributed by atoms with Crippen LogP contribution in [-0.4, -0.2) is 37.6 Å². The highest BCUT2D eigenvalue weighted by atomic mass is 32.2. The second kappa shape index (κ2) is 6.77. The molecular formula is C15H15N3O5S. The number of sulfonamides is 1. The molecule has 0 spiro atoms. The van der Waals surface area contributed by atoms with Gasteiger partial charge >= 0.3 is 0 Å². The Balaban J connectivity index is 2.19. The van der Waals surface area contributed by atoms with Gasteiger partial charge in [0.25, 0.3) is 11.6 Å². The summed E-state index contributed by atoms with van der Waals surface area (Å²) in [4.78, 5) is 22.4. The average molecular weight is 349 g/mol. The minimum absolute atomic E-state index is 0.0689. The van der Waals surface area contributed by atoms with Gasteiger partial charge in [-0.25, -0.2) is 12.7 Å². The van der Waals surface area contributed by atoms with Crippen LogP contribution >= 0.6 is 0 Å². The summed E-state index contributed by atoms with van der Waals surface area (Å²) in [6.07, 6.45) is 0. The predicted octanol–water partition coefficient (Wildman–Crippen LogP) is 2.10. The van der Waals surface area contributed by atoms with Gasteiger partial charge in [-0.1, -0.05) is 6.07 Å². The maximum atomic E-state index is 12.1. The van der Waals surface area contributed by atoms with Gasteiger partial charge in [0.05, 0.1) is 9.82 Å². The van der Waals surface area contributed by atoms with Crippen molar-refractivity contribution in [1.29, 1.82) is 0 Å². The first-order valence-electron chi connectivity index (χ1n) is 6.80. The lowest BCUT2D eigenvalue weighted by atomic mass is 10.2. The first kappa shape index (κ1) is 17.6. The highest BCUT2D eigenvalue weighted by Gasteiger charge is 2.17. The van der Waals surface area contributed by atoms with Crippen molar-refractivity contribution in [3.63, 3.8) is 0 Å². The van der Waals surface area contributed by atoms with Gasteiger partial charge in [-0.05, 0) is 30.3 Å². The molecule has 2 aromatic rings. The van der Waals surface area contributed by atoms with Crippen molar-refractivity contribution in [3.05, 3.63) is 64.2 Å². The van der Waals surface area contributed by atoms with E-state index in [1.165, 1.54) is 62.6 Å². The quantitative estimate of drug-likeness (QED) is 0.656. The molecule has 8 nitrogen and oxygen atoms in total. The number of amides is 1. The van der Waals surface area contributed by atoms with Gasteiger partial charge < -0.3 is 5.32 Å². The molecule has 0 atom stereocenters. The summed E-state index contributed by atoms with van der Waals surface area (Å²) >= 11 is 0. The minimum atomic E-state index is -3.57. The Labute approximate surface area is 138 Å². The number of benzene rings is 2. The SMILES string of the molecule is CN(C)S(=O)(=O)c1ccc(C(=O)Nc2cccc([N+](=O)[O-])c2)cc1. The highest BCUT2D eigenvalue weighted by molar-refractivity contribution is 7.89. The molecular weight excluding hydrogens is 334 g/mol. The molecule has 0 radical (unpaired) electrons. The summed E-state index contributed by atoms with van der Waals surface area (Å²) in [6, 6.07) is 11.0. The highest BCUT2D eigenvalue weighted by Crippen LogP contribution is 2.19. The monoisotopic (exact) mass is 349 g/mol. The maximum Gasteiger partial charge on any atom is 0.271 e. The number of carbonyl (C=O) groups excluding carboxylic acids is 1. The fourth-order valence-electron chi connectivity index (χ4n) is 1.89. The van der Waals surface area contributed by atoms with E-state index >= 15 is 0 Å². The van der Waals surface area contributed by atoms with Crippen LogP contribution in [0.2, 0.25) is 0 Å². The summed E-state index contributed by atoms with van der Waals surface area (Å²) in [5, 5.41) is 13.3. The topological polar surface area (TPSA) is 110 Å².